The Balaban J connectivity index is 1.55. The number of rotatable bonds is 5. The van der Waals surface area contributed by atoms with Gasteiger partial charge in [0.1, 0.15) is 11.6 Å². The molecular weight excluding hydrogens is 392 g/mol. The minimum Gasteiger partial charge on any atom is -0.343 e. The summed E-state index contributed by atoms with van der Waals surface area (Å²) in [5.74, 6) is -3.12. The molecule has 2 amide bonds. The average molecular weight is 409 g/mol. The van der Waals surface area contributed by atoms with Gasteiger partial charge in [-0.05, 0) is 42.8 Å². The highest BCUT2D eigenvalue weighted by Gasteiger charge is 2.28. The summed E-state index contributed by atoms with van der Waals surface area (Å²) in [5, 5.41) is 4.78. The number of carbonyl (C=O) groups excluding carboxylic acids is 2. The Labute approximate surface area is 160 Å². The van der Waals surface area contributed by atoms with Crippen molar-refractivity contribution in [3.63, 3.8) is 0 Å². The van der Waals surface area contributed by atoms with Crippen LogP contribution >= 0.6 is 0 Å². The lowest BCUT2D eigenvalue weighted by molar-refractivity contribution is -0.115. The number of nitrogens with zero attached hydrogens (tertiary/aromatic N) is 1. The highest BCUT2D eigenvalue weighted by Crippen LogP contribution is 2.25. The fourth-order valence-corrected chi connectivity index (χ4v) is 4.34. The highest BCUT2D eigenvalue weighted by molar-refractivity contribution is 7.93. The van der Waals surface area contributed by atoms with Crippen molar-refractivity contribution in [2.24, 2.45) is 0 Å². The van der Waals surface area contributed by atoms with Gasteiger partial charge in [0, 0.05) is 18.3 Å². The fraction of sp³-hybridized carbons (Fsp3) is 0.222. The smallest absolute Gasteiger partial charge is 0.254 e. The lowest BCUT2D eigenvalue weighted by atomic mass is 10.2. The molecule has 0 unspecified atom stereocenters. The molecule has 0 saturated carbocycles. The van der Waals surface area contributed by atoms with E-state index in [0.29, 0.717) is 30.4 Å². The van der Waals surface area contributed by atoms with Crippen molar-refractivity contribution in [2.75, 3.05) is 28.5 Å². The van der Waals surface area contributed by atoms with E-state index in [2.05, 4.69) is 10.6 Å². The second-order valence-corrected chi connectivity index (χ2v) is 8.16. The maximum atomic E-state index is 13.5. The maximum absolute atomic E-state index is 13.5. The first-order valence-electron chi connectivity index (χ1n) is 8.40. The first-order valence-corrected chi connectivity index (χ1v) is 10.0. The number of hydrogen-bond donors (Lipinski definition) is 2. The predicted octanol–water partition coefficient (Wildman–Crippen LogP) is 1.87. The van der Waals surface area contributed by atoms with Crippen LogP contribution in [0.4, 0.5) is 20.2 Å². The molecule has 28 heavy (non-hydrogen) atoms. The summed E-state index contributed by atoms with van der Waals surface area (Å²) in [6.45, 7) is -0.00206. The van der Waals surface area contributed by atoms with Gasteiger partial charge in [0.05, 0.1) is 23.5 Å². The third-order valence-electron chi connectivity index (χ3n) is 4.12. The minimum atomic E-state index is -3.28. The van der Waals surface area contributed by atoms with Gasteiger partial charge in [-0.1, -0.05) is 0 Å². The van der Waals surface area contributed by atoms with E-state index in [1.54, 1.807) is 24.3 Å². The molecule has 1 saturated heterocycles. The van der Waals surface area contributed by atoms with Crippen LogP contribution in [-0.2, 0) is 14.8 Å². The largest absolute Gasteiger partial charge is 0.343 e. The van der Waals surface area contributed by atoms with Crippen molar-refractivity contribution in [3.05, 3.63) is 59.7 Å². The van der Waals surface area contributed by atoms with E-state index in [9.17, 15) is 26.8 Å². The monoisotopic (exact) mass is 409 g/mol. The molecule has 0 aromatic heterocycles. The lowest BCUT2D eigenvalue weighted by Crippen LogP contribution is -2.33. The van der Waals surface area contributed by atoms with Gasteiger partial charge in [-0.3, -0.25) is 13.9 Å². The quantitative estimate of drug-likeness (QED) is 0.788. The molecule has 7 nitrogen and oxygen atoms in total. The second kappa shape index (κ2) is 7.93. The summed E-state index contributed by atoms with van der Waals surface area (Å²) in [7, 11) is -3.28. The Bertz CT molecular complexity index is 1010. The van der Waals surface area contributed by atoms with Crippen molar-refractivity contribution in [2.45, 2.75) is 6.42 Å². The summed E-state index contributed by atoms with van der Waals surface area (Å²) >= 11 is 0. The summed E-state index contributed by atoms with van der Waals surface area (Å²) in [6.07, 6.45) is 0.565. The predicted molar refractivity (Wildman–Crippen MR) is 99.5 cm³/mol. The van der Waals surface area contributed by atoms with Crippen LogP contribution in [0.25, 0.3) is 0 Å². The van der Waals surface area contributed by atoms with Crippen molar-refractivity contribution < 1.29 is 26.8 Å². The highest BCUT2D eigenvalue weighted by atomic mass is 32.2. The number of benzene rings is 2. The number of nitrogens with one attached hydrogen (secondary N) is 2. The third kappa shape index (κ3) is 4.45. The number of hydrogen-bond acceptors (Lipinski definition) is 4. The van der Waals surface area contributed by atoms with Crippen molar-refractivity contribution in [3.8, 4) is 0 Å². The Kier molecular flexibility index (Phi) is 5.59. The summed E-state index contributed by atoms with van der Waals surface area (Å²) in [4.78, 5) is 23.8. The summed E-state index contributed by atoms with van der Waals surface area (Å²) in [6, 6.07) is 8.75. The first kappa shape index (κ1) is 19.7. The van der Waals surface area contributed by atoms with Crippen molar-refractivity contribution in [1.29, 1.82) is 0 Å². The normalized spacial score (nSPS) is 15.3. The minimum absolute atomic E-state index is 0.111. The van der Waals surface area contributed by atoms with Gasteiger partial charge in [-0.15, -0.1) is 0 Å². The molecule has 1 heterocycles. The van der Waals surface area contributed by atoms with Gasteiger partial charge in [0.15, 0.2) is 0 Å². The Morgan fingerprint density at radius 1 is 1.07 bits per heavy atom. The molecule has 10 heteroatoms. The standard InChI is InChI=1S/C18H17F2N3O4S/c19-12-2-7-15(16(20)10-12)18(25)21-11-17(24)22-13-3-5-14(6-4-13)23-8-1-9-28(23,26)27/h2-7,10H,1,8-9,11H2,(H,21,25)(H,22,24). The van der Waals surface area contributed by atoms with Crippen LogP contribution in [-0.4, -0.2) is 39.1 Å². The average Bonchev–Trinajstić information content (AvgIpc) is 2.99. The molecule has 2 aromatic carbocycles. The zero-order valence-electron chi connectivity index (χ0n) is 14.6. The van der Waals surface area contributed by atoms with Crippen molar-refractivity contribution in [1.82, 2.24) is 5.32 Å². The molecule has 2 aromatic rings. The van der Waals surface area contributed by atoms with Gasteiger partial charge < -0.3 is 10.6 Å². The van der Waals surface area contributed by atoms with Gasteiger partial charge >= 0.3 is 0 Å². The number of sulfonamides is 1. The van der Waals surface area contributed by atoms with Crippen LogP contribution in [0, 0.1) is 11.6 Å². The first-order chi connectivity index (χ1) is 13.3. The number of carbonyl (C=O) groups is 2. The van der Waals surface area contributed by atoms with Gasteiger partial charge in [0.25, 0.3) is 5.91 Å². The molecule has 148 valence electrons. The lowest BCUT2D eigenvalue weighted by Gasteiger charge is -2.17. The molecule has 1 fully saturated rings. The van der Waals surface area contributed by atoms with E-state index in [1.807, 2.05) is 0 Å². The van der Waals surface area contributed by atoms with E-state index in [4.69, 9.17) is 0 Å². The second-order valence-electron chi connectivity index (χ2n) is 6.14. The van der Waals surface area contributed by atoms with E-state index in [1.165, 1.54) is 4.31 Å². The van der Waals surface area contributed by atoms with Crippen LogP contribution < -0.4 is 14.9 Å². The molecule has 0 radical (unpaired) electrons. The molecule has 1 aliphatic heterocycles. The Morgan fingerprint density at radius 3 is 2.39 bits per heavy atom. The molecule has 0 aliphatic carbocycles. The van der Waals surface area contributed by atoms with E-state index in [0.717, 1.165) is 12.1 Å². The van der Waals surface area contributed by atoms with Gasteiger partial charge in [-0.2, -0.15) is 0 Å². The van der Waals surface area contributed by atoms with Crippen LogP contribution in [0.2, 0.25) is 0 Å². The van der Waals surface area contributed by atoms with Crippen LogP contribution in [0.15, 0.2) is 42.5 Å². The van der Waals surface area contributed by atoms with Crippen LogP contribution in [0.1, 0.15) is 16.8 Å². The van der Waals surface area contributed by atoms with Crippen LogP contribution in [0.5, 0.6) is 0 Å². The number of amides is 2. The number of halogens is 2. The number of anilines is 2. The summed E-state index contributed by atoms with van der Waals surface area (Å²) < 4.78 is 51.5. The van der Waals surface area contributed by atoms with Crippen molar-refractivity contribution >= 4 is 33.2 Å². The molecule has 0 spiro atoms. The van der Waals surface area contributed by atoms with E-state index < -0.39 is 40.0 Å². The molecule has 0 bridgehead atoms. The Morgan fingerprint density at radius 2 is 1.79 bits per heavy atom. The van der Waals surface area contributed by atoms with Gasteiger partial charge in [-0.25, -0.2) is 17.2 Å². The van der Waals surface area contributed by atoms with Crippen LogP contribution in [0.3, 0.4) is 0 Å². The maximum Gasteiger partial charge on any atom is 0.254 e. The zero-order chi connectivity index (χ0) is 20.3. The van der Waals surface area contributed by atoms with Gasteiger partial charge in [0.2, 0.25) is 15.9 Å². The molecule has 2 N–H and O–H groups in total. The molecular formula is C18H17F2N3O4S. The Hall–Kier alpha value is -3.01. The van der Waals surface area contributed by atoms with E-state index >= 15 is 0 Å². The SMILES string of the molecule is O=C(CNC(=O)c1ccc(F)cc1F)Nc1ccc(N2CCCS2(=O)=O)cc1. The molecule has 1 aliphatic rings. The van der Waals surface area contributed by atoms with E-state index in [-0.39, 0.29) is 11.3 Å². The molecule has 0 atom stereocenters. The zero-order valence-corrected chi connectivity index (χ0v) is 15.4. The summed E-state index contributed by atoms with van der Waals surface area (Å²) in [5.41, 5.74) is 0.550. The third-order valence-corrected chi connectivity index (χ3v) is 5.99. The fourth-order valence-electron chi connectivity index (χ4n) is 2.78. The molecule has 3 rings (SSSR count). The topological polar surface area (TPSA) is 95.6 Å².